The Kier molecular flexibility index (Phi) is 4.87. The van der Waals surface area contributed by atoms with Gasteiger partial charge in [0.2, 0.25) is 20.0 Å². The molecule has 1 heterocycles. The van der Waals surface area contributed by atoms with E-state index in [1.807, 2.05) is 6.07 Å². The van der Waals surface area contributed by atoms with Crippen molar-refractivity contribution in [2.75, 3.05) is 32.4 Å². The van der Waals surface area contributed by atoms with E-state index in [-0.39, 0.29) is 30.1 Å². The van der Waals surface area contributed by atoms with Crippen molar-refractivity contribution in [2.45, 2.75) is 11.3 Å². The normalized spacial score (nSPS) is 18.5. The highest BCUT2D eigenvalue weighted by atomic mass is 32.2. The van der Waals surface area contributed by atoms with E-state index in [2.05, 4.69) is 0 Å². The standard InChI is InChI=1S/C13H17N3O4S2/c1-21(17,18)15-7-4-8-16(10-9-15)22(19,20)13-6-3-2-5-12(13)11-14/h2-3,5-6H,4,7-10H2,1H3. The van der Waals surface area contributed by atoms with Crippen LogP contribution >= 0.6 is 0 Å². The summed E-state index contributed by atoms with van der Waals surface area (Å²) < 4.78 is 51.0. The first-order valence-corrected chi connectivity index (χ1v) is 10.00. The van der Waals surface area contributed by atoms with Crippen molar-refractivity contribution in [1.82, 2.24) is 8.61 Å². The van der Waals surface area contributed by atoms with E-state index in [4.69, 9.17) is 5.26 Å². The maximum atomic E-state index is 12.7. The van der Waals surface area contributed by atoms with Crippen LogP contribution in [0.4, 0.5) is 0 Å². The van der Waals surface area contributed by atoms with E-state index < -0.39 is 20.0 Å². The molecule has 0 atom stereocenters. The number of sulfonamides is 2. The van der Waals surface area contributed by atoms with E-state index >= 15 is 0 Å². The van der Waals surface area contributed by atoms with Crippen molar-refractivity contribution in [1.29, 1.82) is 5.26 Å². The lowest BCUT2D eigenvalue weighted by atomic mass is 10.2. The summed E-state index contributed by atoms with van der Waals surface area (Å²) in [6.45, 7) is 0.723. The minimum atomic E-state index is -3.81. The van der Waals surface area contributed by atoms with Crippen LogP contribution < -0.4 is 0 Å². The number of benzene rings is 1. The third-order valence-electron chi connectivity index (χ3n) is 3.51. The monoisotopic (exact) mass is 343 g/mol. The van der Waals surface area contributed by atoms with Crippen LogP contribution in [0.1, 0.15) is 12.0 Å². The second-order valence-corrected chi connectivity index (χ2v) is 8.92. The molecule has 7 nitrogen and oxygen atoms in total. The molecule has 0 N–H and O–H groups in total. The van der Waals surface area contributed by atoms with Crippen LogP contribution in [0.3, 0.4) is 0 Å². The Labute approximate surface area is 130 Å². The first kappa shape index (κ1) is 16.9. The molecule has 0 unspecified atom stereocenters. The summed E-state index contributed by atoms with van der Waals surface area (Å²) in [5, 5.41) is 9.06. The van der Waals surface area contributed by atoms with Gasteiger partial charge in [-0.25, -0.2) is 21.1 Å². The molecule has 1 aliphatic rings. The van der Waals surface area contributed by atoms with Crippen LogP contribution in [-0.2, 0) is 20.0 Å². The fraction of sp³-hybridized carbons (Fsp3) is 0.462. The van der Waals surface area contributed by atoms with E-state index in [9.17, 15) is 16.8 Å². The van der Waals surface area contributed by atoms with Gasteiger partial charge >= 0.3 is 0 Å². The van der Waals surface area contributed by atoms with Gasteiger partial charge in [0.15, 0.2) is 0 Å². The molecule has 9 heteroatoms. The predicted molar refractivity (Wildman–Crippen MR) is 80.9 cm³/mol. The Balaban J connectivity index is 2.30. The van der Waals surface area contributed by atoms with Crippen LogP contribution in [-0.4, -0.2) is 57.9 Å². The van der Waals surface area contributed by atoms with E-state index in [0.29, 0.717) is 13.0 Å². The van der Waals surface area contributed by atoms with E-state index in [1.165, 1.54) is 20.7 Å². The van der Waals surface area contributed by atoms with Crippen LogP contribution in [0, 0.1) is 11.3 Å². The van der Waals surface area contributed by atoms with Crippen LogP contribution in [0.25, 0.3) is 0 Å². The molecule has 1 fully saturated rings. The maximum absolute atomic E-state index is 12.7. The molecule has 1 aromatic rings. The molecule has 0 saturated carbocycles. The van der Waals surface area contributed by atoms with Gasteiger partial charge in [0, 0.05) is 26.2 Å². The molecule has 1 aromatic carbocycles. The van der Waals surface area contributed by atoms with E-state index in [1.54, 1.807) is 12.1 Å². The second kappa shape index (κ2) is 6.34. The molecule has 1 saturated heterocycles. The lowest BCUT2D eigenvalue weighted by Gasteiger charge is -2.21. The van der Waals surface area contributed by atoms with Gasteiger partial charge in [-0.3, -0.25) is 0 Å². The minimum absolute atomic E-state index is 0.0368. The highest BCUT2D eigenvalue weighted by molar-refractivity contribution is 7.89. The van der Waals surface area contributed by atoms with Gasteiger partial charge in [-0.05, 0) is 18.6 Å². The average Bonchev–Trinajstić information content (AvgIpc) is 2.73. The summed E-state index contributed by atoms with van der Waals surface area (Å²) in [7, 11) is -7.14. The lowest BCUT2D eigenvalue weighted by molar-refractivity contribution is 0.406. The van der Waals surface area contributed by atoms with Gasteiger partial charge in [-0.15, -0.1) is 0 Å². The second-order valence-electron chi connectivity index (χ2n) is 5.03. The molecule has 0 radical (unpaired) electrons. The molecule has 2 rings (SSSR count). The average molecular weight is 343 g/mol. The number of rotatable bonds is 3. The summed E-state index contributed by atoms with van der Waals surface area (Å²) in [5.74, 6) is 0. The molecule has 0 bridgehead atoms. The van der Waals surface area contributed by atoms with Crippen molar-refractivity contribution < 1.29 is 16.8 Å². The molecule has 0 aliphatic carbocycles. The number of nitrogens with zero attached hydrogens (tertiary/aromatic N) is 3. The summed E-state index contributed by atoms with van der Waals surface area (Å²) in [6.07, 6.45) is 1.53. The Morgan fingerprint density at radius 2 is 1.59 bits per heavy atom. The molecule has 22 heavy (non-hydrogen) atoms. The van der Waals surface area contributed by atoms with E-state index in [0.717, 1.165) is 6.26 Å². The van der Waals surface area contributed by atoms with Crippen LogP contribution in [0.5, 0.6) is 0 Å². The Morgan fingerprint density at radius 1 is 1.00 bits per heavy atom. The molecule has 0 aromatic heterocycles. The zero-order valence-corrected chi connectivity index (χ0v) is 13.8. The summed E-state index contributed by atoms with van der Waals surface area (Å²) in [6, 6.07) is 7.89. The van der Waals surface area contributed by atoms with Gasteiger partial charge in [0.25, 0.3) is 0 Å². The highest BCUT2D eigenvalue weighted by Crippen LogP contribution is 2.21. The predicted octanol–water partition coefficient (Wildman–Crippen LogP) is 0.214. The molecule has 0 amide bonds. The Hall–Kier alpha value is -1.47. The van der Waals surface area contributed by atoms with Gasteiger partial charge in [-0.2, -0.15) is 9.57 Å². The molecule has 0 spiro atoms. The van der Waals surface area contributed by atoms with Crippen molar-refractivity contribution >= 4 is 20.0 Å². The van der Waals surface area contributed by atoms with Gasteiger partial charge in [0.05, 0.1) is 16.7 Å². The third kappa shape index (κ3) is 3.47. The fourth-order valence-corrected chi connectivity index (χ4v) is 4.85. The lowest BCUT2D eigenvalue weighted by Crippen LogP contribution is -2.37. The smallest absolute Gasteiger partial charge is 0.213 e. The summed E-state index contributed by atoms with van der Waals surface area (Å²) >= 11 is 0. The topological polar surface area (TPSA) is 98.6 Å². The van der Waals surface area contributed by atoms with Gasteiger partial charge < -0.3 is 0 Å². The van der Waals surface area contributed by atoms with Gasteiger partial charge in [-0.1, -0.05) is 12.1 Å². The maximum Gasteiger partial charge on any atom is 0.244 e. The number of nitriles is 1. The third-order valence-corrected chi connectivity index (χ3v) is 6.77. The first-order valence-electron chi connectivity index (χ1n) is 6.71. The van der Waals surface area contributed by atoms with Crippen molar-refractivity contribution in [2.24, 2.45) is 0 Å². The largest absolute Gasteiger partial charge is 0.244 e. The van der Waals surface area contributed by atoms with Gasteiger partial charge in [0.1, 0.15) is 6.07 Å². The minimum Gasteiger partial charge on any atom is -0.213 e. The number of hydrogen-bond acceptors (Lipinski definition) is 5. The van der Waals surface area contributed by atoms with Crippen LogP contribution in [0.2, 0.25) is 0 Å². The number of hydrogen-bond donors (Lipinski definition) is 0. The first-order chi connectivity index (χ1) is 10.3. The SMILES string of the molecule is CS(=O)(=O)N1CCCN(S(=O)(=O)c2ccccc2C#N)CC1. The Bertz CT molecular complexity index is 797. The van der Waals surface area contributed by atoms with Crippen molar-refractivity contribution in [3.63, 3.8) is 0 Å². The summed E-state index contributed by atoms with van der Waals surface area (Å²) in [4.78, 5) is -0.0368. The van der Waals surface area contributed by atoms with Crippen molar-refractivity contribution in [3.05, 3.63) is 29.8 Å². The van der Waals surface area contributed by atoms with Crippen molar-refractivity contribution in [3.8, 4) is 6.07 Å². The molecule has 120 valence electrons. The quantitative estimate of drug-likeness (QED) is 0.781. The van der Waals surface area contributed by atoms with Crippen LogP contribution in [0.15, 0.2) is 29.2 Å². The zero-order chi connectivity index (χ0) is 16.4. The molecular formula is C13H17N3O4S2. The molecule has 1 aliphatic heterocycles. The zero-order valence-electron chi connectivity index (χ0n) is 12.1. The fourth-order valence-electron chi connectivity index (χ4n) is 2.37. The highest BCUT2D eigenvalue weighted by Gasteiger charge is 2.30. The summed E-state index contributed by atoms with van der Waals surface area (Å²) in [5.41, 5.74) is 0.0896. The molecular weight excluding hydrogens is 326 g/mol. The Morgan fingerprint density at radius 3 is 2.23 bits per heavy atom.